The summed E-state index contributed by atoms with van der Waals surface area (Å²) in [6, 6.07) is 8.09. The van der Waals surface area contributed by atoms with Crippen LogP contribution in [0, 0.1) is 11.8 Å². The second-order valence-electron chi connectivity index (χ2n) is 7.16. The maximum Gasteiger partial charge on any atom is 0.227 e. The molecule has 2 aliphatic rings. The van der Waals surface area contributed by atoms with E-state index < -0.39 is 0 Å². The van der Waals surface area contributed by atoms with E-state index in [0.717, 1.165) is 43.6 Å². The second-order valence-corrected chi connectivity index (χ2v) is 7.16. The van der Waals surface area contributed by atoms with Crippen molar-refractivity contribution >= 4 is 29.9 Å². The van der Waals surface area contributed by atoms with Crippen LogP contribution in [0.1, 0.15) is 38.2 Å². The zero-order valence-corrected chi connectivity index (χ0v) is 15.6. The highest BCUT2D eigenvalue weighted by molar-refractivity contribution is 5.96. The molecular weight excluding hydrogens is 338 g/mol. The van der Waals surface area contributed by atoms with E-state index in [9.17, 15) is 9.59 Å². The van der Waals surface area contributed by atoms with Gasteiger partial charge in [-0.3, -0.25) is 9.59 Å². The minimum atomic E-state index is -0.106. The average molecular weight is 366 g/mol. The van der Waals surface area contributed by atoms with Gasteiger partial charge in [0.1, 0.15) is 0 Å². The highest BCUT2D eigenvalue weighted by Crippen LogP contribution is 2.28. The zero-order valence-electron chi connectivity index (χ0n) is 14.7. The fourth-order valence-corrected chi connectivity index (χ4v) is 3.78. The van der Waals surface area contributed by atoms with Crippen molar-refractivity contribution in [1.29, 1.82) is 0 Å². The number of halogens is 1. The molecule has 1 fully saturated rings. The molecule has 0 radical (unpaired) electrons. The van der Waals surface area contributed by atoms with Crippen molar-refractivity contribution in [3.8, 4) is 0 Å². The highest BCUT2D eigenvalue weighted by Gasteiger charge is 2.28. The van der Waals surface area contributed by atoms with Crippen molar-refractivity contribution < 1.29 is 9.59 Å². The second kappa shape index (κ2) is 8.68. The van der Waals surface area contributed by atoms with Gasteiger partial charge in [-0.15, -0.1) is 12.4 Å². The lowest BCUT2D eigenvalue weighted by atomic mass is 9.88. The smallest absolute Gasteiger partial charge is 0.227 e. The quantitative estimate of drug-likeness (QED) is 0.861. The Kier molecular flexibility index (Phi) is 6.85. The number of nitrogens with zero attached hydrogens (tertiary/aromatic N) is 1. The number of benzene rings is 1. The average Bonchev–Trinajstić information content (AvgIpc) is 2.59. The number of nitrogens with two attached hydrogens (primary N) is 1. The number of para-hydroxylation sites is 1. The van der Waals surface area contributed by atoms with E-state index in [1.807, 2.05) is 36.1 Å². The van der Waals surface area contributed by atoms with E-state index in [4.69, 9.17) is 5.73 Å². The van der Waals surface area contributed by atoms with Crippen LogP contribution in [0.5, 0.6) is 0 Å². The Bertz CT molecular complexity index is 612. The third kappa shape index (κ3) is 4.73. The molecule has 6 heteroatoms. The number of nitrogens with one attached hydrogen (secondary N) is 1. The standard InChI is InChI=1S/C19H27N3O2.ClH/c1-13(20)14-8-10-22(11-9-14)18(23)7-6-16-12-15-4-2-3-5-17(15)21-19(16)24;/h2-5,13-14,16H,6-12,20H2,1H3,(H,21,24);1H. The van der Waals surface area contributed by atoms with Gasteiger partial charge in [0, 0.05) is 37.2 Å². The van der Waals surface area contributed by atoms with Crippen LogP contribution in [0.4, 0.5) is 5.69 Å². The van der Waals surface area contributed by atoms with Gasteiger partial charge in [0.15, 0.2) is 0 Å². The van der Waals surface area contributed by atoms with Gasteiger partial charge < -0.3 is 16.0 Å². The summed E-state index contributed by atoms with van der Waals surface area (Å²) in [5.41, 5.74) is 8.02. The molecule has 5 nitrogen and oxygen atoms in total. The molecule has 0 bridgehead atoms. The number of amides is 2. The summed E-state index contributed by atoms with van der Waals surface area (Å²) in [6.45, 7) is 3.64. The van der Waals surface area contributed by atoms with Gasteiger partial charge in [-0.1, -0.05) is 18.2 Å². The number of likely N-dealkylation sites (tertiary alicyclic amines) is 1. The number of anilines is 1. The minimum absolute atomic E-state index is 0. The van der Waals surface area contributed by atoms with Gasteiger partial charge in [-0.2, -0.15) is 0 Å². The van der Waals surface area contributed by atoms with Crippen molar-refractivity contribution in [2.75, 3.05) is 18.4 Å². The highest BCUT2D eigenvalue weighted by atomic mass is 35.5. The van der Waals surface area contributed by atoms with Gasteiger partial charge in [-0.05, 0) is 50.2 Å². The molecule has 3 N–H and O–H groups in total. The molecule has 2 unspecified atom stereocenters. The lowest BCUT2D eigenvalue weighted by molar-refractivity contribution is -0.133. The van der Waals surface area contributed by atoms with Gasteiger partial charge in [-0.25, -0.2) is 0 Å². The van der Waals surface area contributed by atoms with Crippen LogP contribution in [0.15, 0.2) is 24.3 Å². The van der Waals surface area contributed by atoms with Crippen LogP contribution >= 0.6 is 12.4 Å². The fourth-order valence-electron chi connectivity index (χ4n) is 3.78. The number of hydrogen-bond acceptors (Lipinski definition) is 3. The molecule has 0 aromatic heterocycles. The molecule has 1 saturated heterocycles. The molecule has 0 spiro atoms. The summed E-state index contributed by atoms with van der Waals surface area (Å²) in [6.07, 6.45) is 3.76. The maximum atomic E-state index is 12.4. The van der Waals surface area contributed by atoms with E-state index in [1.54, 1.807) is 0 Å². The summed E-state index contributed by atoms with van der Waals surface area (Å²) in [5.74, 6) is 0.627. The molecule has 0 aliphatic carbocycles. The first-order valence-corrected chi connectivity index (χ1v) is 8.96. The largest absolute Gasteiger partial charge is 0.343 e. The minimum Gasteiger partial charge on any atom is -0.343 e. The number of hydrogen-bond donors (Lipinski definition) is 2. The first-order chi connectivity index (χ1) is 11.5. The van der Waals surface area contributed by atoms with E-state index in [0.29, 0.717) is 18.8 Å². The van der Waals surface area contributed by atoms with Crippen molar-refractivity contribution in [3.63, 3.8) is 0 Å². The molecule has 138 valence electrons. The number of carbonyl (C=O) groups excluding carboxylic acids is 2. The van der Waals surface area contributed by atoms with Crippen molar-refractivity contribution in [1.82, 2.24) is 4.90 Å². The Morgan fingerprint density at radius 2 is 2.00 bits per heavy atom. The Morgan fingerprint density at radius 3 is 2.68 bits per heavy atom. The molecule has 2 atom stereocenters. The Labute approximate surface area is 155 Å². The number of rotatable bonds is 4. The third-order valence-corrected chi connectivity index (χ3v) is 5.45. The lowest BCUT2D eigenvalue weighted by Crippen LogP contribution is -2.42. The van der Waals surface area contributed by atoms with E-state index in [1.165, 1.54) is 0 Å². The SMILES string of the molecule is CC(N)C1CCN(C(=O)CCC2Cc3ccccc3NC2=O)CC1.Cl. The zero-order chi connectivity index (χ0) is 17.1. The third-order valence-electron chi connectivity index (χ3n) is 5.45. The lowest BCUT2D eigenvalue weighted by Gasteiger charge is -2.34. The van der Waals surface area contributed by atoms with Crippen LogP contribution < -0.4 is 11.1 Å². The number of fused-ring (bicyclic) bond motifs is 1. The first kappa shape index (κ1) is 19.7. The van der Waals surface area contributed by atoms with E-state index in [-0.39, 0.29) is 36.2 Å². The normalized spacial score (nSPS) is 21.8. The summed E-state index contributed by atoms with van der Waals surface area (Å²) >= 11 is 0. The Hall–Kier alpha value is -1.59. The van der Waals surface area contributed by atoms with Crippen molar-refractivity contribution in [3.05, 3.63) is 29.8 Å². The van der Waals surface area contributed by atoms with Crippen LogP contribution in [-0.2, 0) is 16.0 Å². The van der Waals surface area contributed by atoms with Crippen LogP contribution in [-0.4, -0.2) is 35.8 Å². The van der Waals surface area contributed by atoms with Gasteiger partial charge in [0.2, 0.25) is 11.8 Å². The number of carbonyl (C=O) groups is 2. The van der Waals surface area contributed by atoms with Crippen LogP contribution in [0.25, 0.3) is 0 Å². The summed E-state index contributed by atoms with van der Waals surface area (Å²) < 4.78 is 0. The van der Waals surface area contributed by atoms with Gasteiger partial charge in [0.25, 0.3) is 0 Å². The van der Waals surface area contributed by atoms with E-state index in [2.05, 4.69) is 5.32 Å². The Morgan fingerprint density at radius 1 is 1.32 bits per heavy atom. The monoisotopic (exact) mass is 365 g/mol. The summed E-state index contributed by atoms with van der Waals surface area (Å²) in [7, 11) is 0. The molecule has 2 amide bonds. The topological polar surface area (TPSA) is 75.4 Å². The van der Waals surface area contributed by atoms with Crippen molar-refractivity contribution in [2.24, 2.45) is 17.6 Å². The first-order valence-electron chi connectivity index (χ1n) is 8.96. The summed E-state index contributed by atoms with van der Waals surface area (Å²) in [5, 5.41) is 2.95. The molecule has 2 aliphatic heterocycles. The predicted molar refractivity (Wildman–Crippen MR) is 102 cm³/mol. The molecule has 1 aromatic rings. The molecule has 1 aromatic carbocycles. The molecule has 3 rings (SSSR count). The molecule has 0 saturated carbocycles. The molecular formula is C19H28ClN3O2. The van der Waals surface area contributed by atoms with Crippen molar-refractivity contribution in [2.45, 2.75) is 45.1 Å². The molecule has 2 heterocycles. The molecule has 25 heavy (non-hydrogen) atoms. The van der Waals surface area contributed by atoms with Gasteiger partial charge in [0.05, 0.1) is 0 Å². The fraction of sp³-hybridized carbons (Fsp3) is 0.579. The number of piperidine rings is 1. The Balaban J connectivity index is 0.00000225. The van der Waals surface area contributed by atoms with Crippen LogP contribution in [0.3, 0.4) is 0 Å². The maximum absolute atomic E-state index is 12.4. The van der Waals surface area contributed by atoms with Gasteiger partial charge >= 0.3 is 0 Å². The summed E-state index contributed by atoms with van der Waals surface area (Å²) in [4.78, 5) is 26.6. The van der Waals surface area contributed by atoms with E-state index >= 15 is 0 Å². The van der Waals surface area contributed by atoms with Crippen LogP contribution in [0.2, 0.25) is 0 Å². The predicted octanol–water partition coefficient (Wildman–Crippen LogP) is 2.59.